The predicted molar refractivity (Wildman–Crippen MR) is 99.0 cm³/mol. The van der Waals surface area contributed by atoms with Crippen molar-refractivity contribution in [2.75, 3.05) is 57.0 Å². The normalized spacial score (nSPS) is 28.4. The molecule has 1 atom stereocenters. The average Bonchev–Trinajstić information content (AvgIpc) is 3.18. The Bertz CT molecular complexity index is 821. The molecule has 0 saturated carbocycles. The van der Waals surface area contributed by atoms with Gasteiger partial charge in [-0.1, -0.05) is 0 Å². The zero-order valence-electron chi connectivity index (χ0n) is 15.4. The van der Waals surface area contributed by atoms with Gasteiger partial charge in [-0.25, -0.2) is 13.2 Å². The molecule has 0 bridgehead atoms. The molecule has 4 heterocycles. The Labute approximate surface area is 158 Å². The molecule has 0 aromatic carbocycles. The Morgan fingerprint density at radius 2 is 2.15 bits per heavy atom. The minimum absolute atomic E-state index is 0.0975. The maximum Gasteiger partial charge on any atom is 0.322 e. The van der Waals surface area contributed by atoms with E-state index in [-0.39, 0.29) is 18.6 Å². The number of hydrogen-bond donors (Lipinski definition) is 2. The third-order valence-corrected chi connectivity index (χ3v) is 6.83. The number of nitrogens with zero attached hydrogens (tertiary/aromatic N) is 5. The van der Waals surface area contributed by atoms with Crippen LogP contribution >= 0.6 is 0 Å². The van der Waals surface area contributed by atoms with Gasteiger partial charge < -0.3 is 10.4 Å². The molecule has 0 radical (unpaired) electrons. The van der Waals surface area contributed by atoms with Crippen LogP contribution in [0.4, 0.5) is 10.5 Å². The minimum atomic E-state index is -3.28. The van der Waals surface area contributed by atoms with E-state index < -0.39 is 15.6 Å². The van der Waals surface area contributed by atoms with Gasteiger partial charge in [0.15, 0.2) is 0 Å². The van der Waals surface area contributed by atoms with E-state index in [1.807, 2.05) is 10.9 Å². The number of sulfonamides is 1. The Morgan fingerprint density at radius 1 is 1.37 bits per heavy atom. The lowest BCUT2D eigenvalue weighted by molar-refractivity contribution is -0.0580. The third kappa shape index (κ3) is 3.82. The predicted octanol–water partition coefficient (Wildman–Crippen LogP) is -0.944. The van der Waals surface area contributed by atoms with Crippen molar-refractivity contribution in [2.45, 2.75) is 24.5 Å². The lowest BCUT2D eigenvalue weighted by Gasteiger charge is -2.46. The van der Waals surface area contributed by atoms with Gasteiger partial charge in [0.2, 0.25) is 10.0 Å². The molecule has 1 aromatic heterocycles. The summed E-state index contributed by atoms with van der Waals surface area (Å²) in [7, 11) is -3.28. The van der Waals surface area contributed by atoms with E-state index in [0.717, 1.165) is 18.8 Å². The maximum absolute atomic E-state index is 11.8. The van der Waals surface area contributed by atoms with Crippen molar-refractivity contribution in [2.24, 2.45) is 0 Å². The van der Waals surface area contributed by atoms with Gasteiger partial charge >= 0.3 is 6.03 Å². The highest BCUT2D eigenvalue weighted by molar-refractivity contribution is 7.88. The van der Waals surface area contributed by atoms with Crippen LogP contribution in [0.5, 0.6) is 0 Å². The first-order valence-electron chi connectivity index (χ1n) is 9.23. The van der Waals surface area contributed by atoms with Gasteiger partial charge in [-0.2, -0.15) is 9.40 Å². The number of carbonyl (C=O) groups is 1. The van der Waals surface area contributed by atoms with Crippen LogP contribution in [-0.2, 0) is 10.0 Å². The van der Waals surface area contributed by atoms with E-state index in [1.165, 1.54) is 10.6 Å². The summed E-state index contributed by atoms with van der Waals surface area (Å²) in [4.78, 5) is 15.5. The van der Waals surface area contributed by atoms with Gasteiger partial charge in [0, 0.05) is 52.0 Å². The summed E-state index contributed by atoms with van der Waals surface area (Å²) in [5, 5.41) is 18.0. The molecule has 2 N–H and O–H groups in total. The molecule has 3 saturated heterocycles. The number of likely N-dealkylation sites (tertiary alicyclic amines) is 1. The monoisotopic (exact) mass is 398 g/mol. The molecule has 4 rings (SSSR count). The van der Waals surface area contributed by atoms with E-state index in [9.17, 15) is 18.3 Å². The first kappa shape index (κ1) is 18.7. The van der Waals surface area contributed by atoms with Crippen LogP contribution in [-0.4, -0.2) is 96.2 Å². The Morgan fingerprint density at radius 3 is 2.81 bits per heavy atom. The highest BCUT2D eigenvalue weighted by Crippen LogP contribution is 2.29. The van der Waals surface area contributed by atoms with E-state index in [2.05, 4.69) is 15.3 Å². The minimum Gasteiger partial charge on any atom is -0.387 e. The van der Waals surface area contributed by atoms with Gasteiger partial charge in [0.25, 0.3) is 0 Å². The summed E-state index contributed by atoms with van der Waals surface area (Å²) in [6.45, 7) is 3.86. The fourth-order valence-corrected chi connectivity index (χ4v) is 5.06. The zero-order valence-corrected chi connectivity index (χ0v) is 16.2. The molecule has 3 fully saturated rings. The summed E-state index contributed by atoms with van der Waals surface area (Å²) >= 11 is 0. The second-order valence-corrected chi connectivity index (χ2v) is 9.82. The van der Waals surface area contributed by atoms with Gasteiger partial charge in [-0.05, 0) is 12.8 Å². The Hall–Kier alpha value is -1.69. The van der Waals surface area contributed by atoms with Gasteiger partial charge in [-0.3, -0.25) is 14.5 Å². The quantitative estimate of drug-likeness (QED) is 0.662. The van der Waals surface area contributed by atoms with Crippen molar-refractivity contribution in [1.29, 1.82) is 0 Å². The number of β-amino-alcohol motifs (C(OH)–C–C–N with tert-alkyl or cyclic N) is 1. The molecule has 1 aromatic rings. The smallest absolute Gasteiger partial charge is 0.322 e. The van der Waals surface area contributed by atoms with E-state index in [1.54, 1.807) is 11.1 Å². The second-order valence-electron chi connectivity index (χ2n) is 7.83. The number of aromatic nitrogens is 2. The number of aliphatic hydroxyl groups is 1. The van der Waals surface area contributed by atoms with Crippen molar-refractivity contribution in [3.63, 3.8) is 0 Å². The highest BCUT2D eigenvalue weighted by Gasteiger charge is 2.41. The number of urea groups is 1. The number of carbonyl (C=O) groups excluding carboxylic acids is 1. The number of nitrogens with one attached hydrogen (secondary N) is 1. The first-order chi connectivity index (χ1) is 12.7. The second kappa shape index (κ2) is 6.73. The Kier molecular flexibility index (Phi) is 4.65. The van der Waals surface area contributed by atoms with E-state index in [0.29, 0.717) is 39.0 Å². The molecule has 10 nitrogen and oxygen atoms in total. The van der Waals surface area contributed by atoms with Crippen molar-refractivity contribution in [3.05, 3.63) is 12.4 Å². The van der Waals surface area contributed by atoms with Crippen LogP contribution in [0.3, 0.4) is 0 Å². The molecule has 150 valence electrons. The van der Waals surface area contributed by atoms with Crippen LogP contribution in [0.1, 0.15) is 18.9 Å². The fraction of sp³-hybridized carbons (Fsp3) is 0.750. The first-order valence-corrected chi connectivity index (χ1v) is 11.1. The van der Waals surface area contributed by atoms with Crippen molar-refractivity contribution in [3.8, 4) is 0 Å². The molecule has 11 heteroatoms. The molecule has 0 spiro atoms. The molecular weight excluding hydrogens is 372 g/mol. The van der Waals surface area contributed by atoms with Gasteiger partial charge in [0.1, 0.15) is 0 Å². The number of amides is 2. The number of hydrogen-bond acceptors (Lipinski definition) is 6. The van der Waals surface area contributed by atoms with Crippen LogP contribution in [0.15, 0.2) is 12.4 Å². The third-order valence-electron chi connectivity index (χ3n) is 5.58. The molecule has 2 amide bonds. The number of piperidine rings is 1. The molecule has 27 heavy (non-hydrogen) atoms. The lowest BCUT2D eigenvalue weighted by atomic mass is 9.92. The van der Waals surface area contributed by atoms with Crippen LogP contribution in [0, 0.1) is 0 Å². The lowest BCUT2D eigenvalue weighted by Crippen LogP contribution is -2.59. The van der Waals surface area contributed by atoms with Gasteiger partial charge in [-0.15, -0.1) is 0 Å². The molecular formula is C16H26N6O4S. The maximum atomic E-state index is 11.8. The largest absolute Gasteiger partial charge is 0.387 e. The summed E-state index contributed by atoms with van der Waals surface area (Å²) in [6.07, 6.45) is 6.05. The van der Waals surface area contributed by atoms with Crippen LogP contribution in [0.2, 0.25) is 0 Å². The topological polar surface area (TPSA) is 111 Å². The average molecular weight is 398 g/mol. The van der Waals surface area contributed by atoms with Crippen LogP contribution in [0.25, 0.3) is 0 Å². The van der Waals surface area contributed by atoms with Crippen molar-refractivity contribution >= 4 is 21.7 Å². The van der Waals surface area contributed by atoms with Crippen molar-refractivity contribution < 1.29 is 18.3 Å². The van der Waals surface area contributed by atoms with E-state index >= 15 is 0 Å². The standard InChI is InChI=1S/C16H26N6O4S/c1-27(25,26)20-5-2-3-16(24,12-20)11-19-8-14(9-19)22-10-13(7-18-22)21-6-4-17-15(21)23/h7,10,14,24H,2-6,8-9,11-12H2,1H3,(H,17,23). The molecule has 3 aliphatic heterocycles. The van der Waals surface area contributed by atoms with Gasteiger partial charge in [0.05, 0.1) is 29.8 Å². The summed E-state index contributed by atoms with van der Waals surface area (Å²) in [5.41, 5.74) is -0.215. The van der Waals surface area contributed by atoms with Crippen molar-refractivity contribution in [1.82, 2.24) is 24.3 Å². The summed E-state index contributed by atoms with van der Waals surface area (Å²) < 4.78 is 26.8. The highest BCUT2D eigenvalue weighted by atomic mass is 32.2. The van der Waals surface area contributed by atoms with Crippen LogP contribution < -0.4 is 10.2 Å². The number of rotatable bonds is 5. The summed E-state index contributed by atoms with van der Waals surface area (Å²) in [5.74, 6) is 0. The Balaban J connectivity index is 1.32. The van der Waals surface area contributed by atoms with E-state index in [4.69, 9.17) is 0 Å². The fourth-order valence-electron chi connectivity index (χ4n) is 4.12. The zero-order chi connectivity index (χ0) is 19.2. The molecule has 1 unspecified atom stereocenters. The molecule has 0 aliphatic carbocycles. The SMILES string of the molecule is CS(=O)(=O)N1CCCC(O)(CN2CC(n3cc(N4CCNC4=O)cn3)C2)C1. The molecule has 3 aliphatic rings. The summed E-state index contributed by atoms with van der Waals surface area (Å²) in [6, 6.07) is 0.0994. The number of anilines is 1.